The lowest BCUT2D eigenvalue weighted by atomic mass is 9.98. The van der Waals surface area contributed by atoms with Crippen LogP contribution in [-0.2, 0) is 18.9 Å². The summed E-state index contributed by atoms with van der Waals surface area (Å²) < 4.78 is 22.0. The highest BCUT2D eigenvalue weighted by Crippen LogP contribution is 2.27. The Labute approximate surface area is 226 Å². The molecule has 0 saturated carbocycles. The largest absolute Gasteiger partial charge is 0.396 e. The number of hydrogen-bond donors (Lipinski definition) is 9. The van der Waals surface area contributed by atoms with Gasteiger partial charge in [0.15, 0.2) is 12.6 Å². The van der Waals surface area contributed by atoms with Crippen LogP contribution in [0.15, 0.2) is 24.3 Å². The fourth-order valence-electron chi connectivity index (χ4n) is 3.73. The summed E-state index contributed by atoms with van der Waals surface area (Å²) in [6, 6.07) is 0. The zero-order valence-electron chi connectivity index (χ0n) is 21.4. The minimum absolute atomic E-state index is 0.0522. The Kier molecular flexibility index (Phi) is 14.5. The smallest absolute Gasteiger partial charge is 0.187 e. The van der Waals surface area contributed by atoms with Crippen LogP contribution in [0.25, 0.3) is 0 Å². The van der Waals surface area contributed by atoms with Crippen molar-refractivity contribution in [2.75, 3.05) is 19.8 Å². The molecule has 0 aromatic rings. The van der Waals surface area contributed by atoms with Crippen LogP contribution in [0.2, 0.25) is 0 Å². The Morgan fingerprint density at radius 3 is 2.13 bits per heavy atom. The number of aliphatic hydroxyl groups is 9. The highest BCUT2D eigenvalue weighted by molar-refractivity contribution is 5.32. The quantitative estimate of drug-likeness (QED) is 0.0677. The van der Waals surface area contributed by atoms with Gasteiger partial charge in [0.1, 0.15) is 61.0 Å². The Bertz CT molecular complexity index is 901. The second kappa shape index (κ2) is 17.0. The summed E-state index contributed by atoms with van der Waals surface area (Å²) >= 11 is 0. The van der Waals surface area contributed by atoms with Crippen LogP contribution in [0.1, 0.15) is 19.8 Å². The molecule has 0 unspecified atom stereocenters. The molecular weight excluding hydrogens is 520 g/mol. The minimum atomic E-state index is -1.76. The molecule has 13 nitrogen and oxygen atoms in total. The van der Waals surface area contributed by atoms with Crippen molar-refractivity contribution in [1.29, 1.82) is 0 Å². The first-order valence-electron chi connectivity index (χ1n) is 12.5. The molecule has 0 aromatic heterocycles. The van der Waals surface area contributed by atoms with Crippen LogP contribution in [0, 0.1) is 23.7 Å². The van der Waals surface area contributed by atoms with Gasteiger partial charge in [0, 0.05) is 6.61 Å². The zero-order chi connectivity index (χ0) is 28.9. The summed E-state index contributed by atoms with van der Waals surface area (Å²) in [5.41, 5.74) is 0. The molecule has 0 spiro atoms. The molecule has 0 aromatic carbocycles. The number of hydrogen-bond acceptors (Lipinski definition) is 13. The summed E-state index contributed by atoms with van der Waals surface area (Å²) in [5, 5.41) is 90.1. The molecule has 12 atom stereocenters. The van der Waals surface area contributed by atoms with Gasteiger partial charge in [-0.05, 0) is 37.7 Å². The van der Waals surface area contributed by atoms with E-state index in [9.17, 15) is 40.9 Å². The van der Waals surface area contributed by atoms with Gasteiger partial charge < -0.3 is 64.9 Å². The van der Waals surface area contributed by atoms with Gasteiger partial charge in [-0.1, -0.05) is 30.1 Å². The molecule has 2 aliphatic rings. The molecule has 2 aliphatic heterocycles. The van der Waals surface area contributed by atoms with E-state index in [-0.39, 0.29) is 6.61 Å². The van der Waals surface area contributed by atoms with Gasteiger partial charge in [-0.15, -0.1) is 0 Å². The van der Waals surface area contributed by atoms with Crippen LogP contribution < -0.4 is 0 Å². The van der Waals surface area contributed by atoms with E-state index in [4.69, 9.17) is 24.1 Å². The molecule has 0 radical (unpaired) electrons. The van der Waals surface area contributed by atoms with E-state index in [0.29, 0.717) is 12.8 Å². The van der Waals surface area contributed by atoms with Crippen molar-refractivity contribution >= 4 is 0 Å². The van der Waals surface area contributed by atoms with E-state index in [2.05, 4.69) is 23.7 Å². The summed E-state index contributed by atoms with van der Waals surface area (Å²) in [6.07, 6.45) is -11.2. The summed E-state index contributed by atoms with van der Waals surface area (Å²) in [4.78, 5) is 0. The van der Waals surface area contributed by atoms with Gasteiger partial charge in [-0.25, -0.2) is 0 Å². The summed E-state index contributed by atoms with van der Waals surface area (Å²) in [7, 11) is 0. The molecule has 2 rings (SSSR count). The van der Waals surface area contributed by atoms with Crippen molar-refractivity contribution in [3.8, 4) is 23.7 Å². The topological polar surface area (TPSA) is 219 Å². The molecular formula is C26H38O13. The number of allylic oxidation sites excluding steroid dienone is 3. The standard InChI is InChI=1S/C26H38O13/c1-2-3-4-5-7-10-15(29)16(11-8-6-9-12-27)37-26-24(35)22(33)20(31)18(39-26)14-36-25-23(34)21(32)19(30)17(13-28)38-25/h2-3,8,11,15-35H,6,9,12-14H2,1H3/b3-2+,11-8+/t15-,16+,17-,18-,19-,20-,21+,22+,23-,24-,25-,26-/m1/s1. The van der Waals surface area contributed by atoms with Crippen molar-refractivity contribution in [3.05, 3.63) is 24.3 Å². The SMILES string of the molecule is C/C=C/C#CC#C[C@@H](O)[C@H](/C=C/CCCO)O[C@@H]1O[C@H](CO[C@@H]2O[C@H](CO)[C@@H](O)[C@H](O)[C@H]2O)[C@@H](O)[C@H](O)[C@H]1O. The normalized spacial score (nSPS) is 36.7. The second-order valence-electron chi connectivity index (χ2n) is 8.92. The zero-order valence-corrected chi connectivity index (χ0v) is 21.4. The molecule has 9 N–H and O–H groups in total. The maximum absolute atomic E-state index is 10.6. The predicted octanol–water partition coefficient (Wildman–Crippen LogP) is -3.73. The first-order valence-corrected chi connectivity index (χ1v) is 12.5. The van der Waals surface area contributed by atoms with Crippen LogP contribution in [0.3, 0.4) is 0 Å². The summed E-state index contributed by atoms with van der Waals surface area (Å²) in [6.45, 7) is 0.519. The third-order valence-electron chi connectivity index (χ3n) is 6.00. The number of aliphatic hydroxyl groups excluding tert-OH is 9. The maximum atomic E-state index is 10.6. The van der Waals surface area contributed by atoms with Gasteiger partial charge in [-0.2, -0.15) is 0 Å². The molecule has 0 bridgehead atoms. The van der Waals surface area contributed by atoms with Crippen LogP contribution in [0.4, 0.5) is 0 Å². The lowest BCUT2D eigenvalue weighted by Crippen LogP contribution is -2.62. The molecule has 13 heteroatoms. The van der Waals surface area contributed by atoms with E-state index in [1.54, 1.807) is 25.2 Å². The fourth-order valence-corrected chi connectivity index (χ4v) is 3.73. The van der Waals surface area contributed by atoms with Crippen molar-refractivity contribution in [1.82, 2.24) is 0 Å². The van der Waals surface area contributed by atoms with Gasteiger partial charge >= 0.3 is 0 Å². The third-order valence-corrected chi connectivity index (χ3v) is 6.00. The van der Waals surface area contributed by atoms with Gasteiger partial charge in [0.05, 0.1) is 13.2 Å². The van der Waals surface area contributed by atoms with E-state index < -0.39 is 86.8 Å². The lowest BCUT2D eigenvalue weighted by Gasteiger charge is -2.43. The Morgan fingerprint density at radius 1 is 0.846 bits per heavy atom. The van der Waals surface area contributed by atoms with Crippen molar-refractivity contribution in [2.45, 2.75) is 93.4 Å². The molecule has 220 valence electrons. The average molecular weight is 559 g/mol. The van der Waals surface area contributed by atoms with Crippen LogP contribution >= 0.6 is 0 Å². The highest BCUT2D eigenvalue weighted by Gasteiger charge is 2.48. The lowest BCUT2D eigenvalue weighted by molar-refractivity contribution is -0.335. The Hall–Kier alpha value is -1.92. The fraction of sp³-hybridized carbons (Fsp3) is 0.692. The van der Waals surface area contributed by atoms with Gasteiger partial charge in [0.25, 0.3) is 0 Å². The molecule has 2 fully saturated rings. The van der Waals surface area contributed by atoms with E-state index in [1.807, 2.05) is 0 Å². The molecule has 0 aliphatic carbocycles. The van der Waals surface area contributed by atoms with Crippen LogP contribution in [0.5, 0.6) is 0 Å². The van der Waals surface area contributed by atoms with Gasteiger partial charge in [0.2, 0.25) is 0 Å². The van der Waals surface area contributed by atoms with Crippen molar-refractivity contribution < 1.29 is 64.9 Å². The molecule has 0 amide bonds. The summed E-state index contributed by atoms with van der Waals surface area (Å²) in [5.74, 6) is 10.1. The maximum Gasteiger partial charge on any atom is 0.187 e. The predicted molar refractivity (Wildman–Crippen MR) is 133 cm³/mol. The van der Waals surface area contributed by atoms with Gasteiger partial charge in [-0.3, -0.25) is 0 Å². The van der Waals surface area contributed by atoms with Crippen molar-refractivity contribution in [3.63, 3.8) is 0 Å². The first kappa shape index (κ1) is 33.3. The molecule has 2 saturated heterocycles. The highest BCUT2D eigenvalue weighted by atomic mass is 16.7. The Morgan fingerprint density at radius 2 is 1.49 bits per heavy atom. The minimum Gasteiger partial charge on any atom is -0.396 e. The average Bonchev–Trinajstić information content (AvgIpc) is 2.93. The monoisotopic (exact) mass is 558 g/mol. The number of unbranched alkanes of at least 4 members (excludes halogenated alkanes) is 1. The van der Waals surface area contributed by atoms with E-state index >= 15 is 0 Å². The third kappa shape index (κ3) is 9.60. The molecule has 2 heterocycles. The number of ether oxygens (including phenoxy) is 4. The van der Waals surface area contributed by atoms with Crippen molar-refractivity contribution in [2.24, 2.45) is 0 Å². The first-order chi connectivity index (χ1) is 18.7. The van der Waals surface area contributed by atoms with Crippen LogP contribution in [-0.4, -0.2) is 139 Å². The molecule has 39 heavy (non-hydrogen) atoms. The van der Waals surface area contributed by atoms with E-state index in [1.165, 1.54) is 6.08 Å². The van der Waals surface area contributed by atoms with E-state index in [0.717, 1.165) is 0 Å². The number of rotatable bonds is 11. The Balaban J connectivity index is 2.13. The second-order valence-corrected chi connectivity index (χ2v) is 8.92.